The number of carbonyl (C=O) groups is 1. The van der Waals surface area contributed by atoms with Crippen molar-refractivity contribution in [2.45, 2.75) is 309 Å². The Balaban J connectivity index is 3.62. The Hall–Kier alpha value is -3.47. The van der Waals surface area contributed by atoms with Crippen LogP contribution in [0.4, 0.5) is 0 Å². The standard InChI is InChI=1S/C72H123NO3/c1-3-5-7-9-11-13-15-17-19-21-23-25-27-29-31-32-33-34-35-36-37-38-39-40-42-44-46-48-50-52-54-56-58-60-62-64-66-68-72(76)73-70(69-74)71(75)67-65-63-61-59-57-55-53-51-49-47-45-43-41-30-28-26-24-22-20-18-16-14-12-10-8-6-4-2/h5,7,11,13,17,19,23,25,29,31,33-34,36-37,39-40,44,46,50,52,56,58,70-71,74-75H,3-4,6,8-10,12,14-16,18,20-22,24,26-28,30,32,35,38,41-43,45,47-49,51,53-55,57,59-69H2,1-2H3,(H,73,76)/b7-5-,13-11-,19-17-,25-23-,31-29-,34-33-,37-36-,40-39-,46-44-,52-50-,58-56-. The molecule has 0 aliphatic carbocycles. The SMILES string of the molecule is CC/C=C\C/C=C\C/C=C\C/C=C\C/C=C\C/C=C\C/C=C\C/C=C\C/C=C\C/C=C\C/C=C\CCCCCC(=O)NC(CO)C(O)CCCCCCCCCCCCCCCCCCCCCCCCCCCCC. The molecule has 0 rings (SSSR count). The molecular formula is C72H123NO3. The zero-order chi connectivity index (χ0) is 54.8. The molecular weight excluding hydrogens is 927 g/mol. The Morgan fingerprint density at radius 2 is 0.579 bits per heavy atom. The van der Waals surface area contributed by atoms with Crippen LogP contribution in [0.25, 0.3) is 0 Å². The molecule has 2 unspecified atom stereocenters. The van der Waals surface area contributed by atoms with E-state index in [1.165, 1.54) is 161 Å². The average molecular weight is 1050 g/mol. The largest absolute Gasteiger partial charge is 0.394 e. The Labute approximate surface area is 472 Å². The van der Waals surface area contributed by atoms with Gasteiger partial charge in [-0.1, -0.05) is 327 Å². The van der Waals surface area contributed by atoms with Crippen molar-refractivity contribution in [2.75, 3.05) is 6.61 Å². The number of hydrogen-bond donors (Lipinski definition) is 3. The monoisotopic (exact) mass is 1050 g/mol. The molecule has 0 saturated carbocycles. The van der Waals surface area contributed by atoms with Crippen LogP contribution in [0, 0.1) is 0 Å². The second-order valence-electron chi connectivity index (χ2n) is 21.5. The minimum absolute atomic E-state index is 0.0652. The summed E-state index contributed by atoms with van der Waals surface area (Å²) in [6.45, 7) is 4.25. The highest BCUT2D eigenvalue weighted by Crippen LogP contribution is 2.17. The molecule has 434 valence electrons. The summed E-state index contributed by atoms with van der Waals surface area (Å²) in [5.74, 6) is -0.0652. The summed E-state index contributed by atoms with van der Waals surface area (Å²) < 4.78 is 0. The zero-order valence-corrected chi connectivity index (χ0v) is 50.0. The lowest BCUT2D eigenvalue weighted by Crippen LogP contribution is -2.45. The minimum Gasteiger partial charge on any atom is -0.394 e. The number of aliphatic hydroxyl groups excluding tert-OH is 2. The number of carbonyl (C=O) groups excluding carboxylic acids is 1. The van der Waals surface area contributed by atoms with Gasteiger partial charge in [-0.3, -0.25) is 4.79 Å². The molecule has 0 radical (unpaired) electrons. The highest BCUT2D eigenvalue weighted by molar-refractivity contribution is 5.76. The molecule has 0 aliphatic heterocycles. The van der Waals surface area contributed by atoms with Crippen LogP contribution >= 0.6 is 0 Å². The lowest BCUT2D eigenvalue weighted by Gasteiger charge is -2.22. The Bertz CT molecular complexity index is 1520. The molecule has 76 heavy (non-hydrogen) atoms. The van der Waals surface area contributed by atoms with Crippen LogP contribution < -0.4 is 5.32 Å². The van der Waals surface area contributed by atoms with Crippen LogP contribution in [0.1, 0.15) is 296 Å². The van der Waals surface area contributed by atoms with Gasteiger partial charge in [0.25, 0.3) is 0 Å². The van der Waals surface area contributed by atoms with E-state index in [-0.39, 0.29) is 12.5 Å². The van der Waals surface area contributed by atoms with Gasteiger partial charge in [0, 0.05) is 6.42 Å². The fourth-order valence-corrected chi connectivity index (χ4v) is 9.31. The number of rotatable bonds is 58. The summed E-state index contributed by atoms with van der Waals surface area (Å²) in [7, 11) is 0. The third-order valence-electron chi connectivity index (χ3n) is 14.2. The lowest BCUT2D eigenvalue weighted by atomic mass is 10.0. The molecule has 0 heterocycles. The normalized spacial score (nSPS) is 13.7. The Morgan fingerprint density at radius 1 is 0.329 bits per heavy atom. The molecule has 4 heteroatoms. The van der Waals surface area contributed by atoms with Crippen LogP contribution in [0.5, 0.6) is 0 Å². The number of hydrogen-bond acceptors (Lipinski definition) is 3. The van der Waals surface area contributed by atoms with Gasteiger partial charge in [0.1, 0.15) is 0 Å². The van der Waals surface area contributed by atoms with Gasteiger partial charge in [-0.2, -0.15) is 0 Å². The maximum atomic E-state index is 12.5. The van der Waals surface area contributed by atoms with E-state index in [1.54, 1.807) is 0 Å². The van der Waals surface area contributed by atoms with E-state index in [9.17, 15) is 15.0 Å². The van der Waals surface area contributed by atoms with E-state index < -0.39 is 12.1 Å². The van der Waals surface area contributed by atoms with Crippen LogP contribution in [0.2, 0.25) is 0 Å². The van der Waals surface area contributed by atoms with E-state index in [1.807, 2.05) is 0 Å². The van der Waals surface area contributed by atoms with E-state index in [2.05, 4.69) is 153 Å². The van der Waals surface area contributed by atoms with Crippen molar-refractivity contribution in [1.82, 2.24) is 5.32 Å². The molecule has 0 aromatic carbocycles. The molecule has 0 saturated heterocycles. The lowest BCUT2D eigenvalue weighted by molar-refractivity contribution is -0.123. The maximum Gasteiger partial charge on any atom is 0.220 e. The van der Waals surface area contributed by atoms with Crippen molar-refractivity contribution in [2.24, 2.45) is 0 Å². The number of allylic oxidation sites excluding steroid dienone is 22. The summed E-state index contributed by atoms with van der Waals surface area (Å²) in [4.78, 5) is 12.5. The van der Waals surface area contributed by atoms with Crippen LogP contribution in [-0.2, 0) is 4.79 Å². The topological polar surface area (TPSA) is 69.6 Å². The summed E-state index contributed by atoms with van der Waals surface area (Å²) >= 11 is 0. The quantitative estimate of drug-likeness (QED) is 0.0420. The molecule has 0 fully saturated rings. The second-order valence-corrected chi connectivity index (χ2v) is 21.5. The van der Waals surface area contributed by atoms with Gasteiger partial charge in [0.05, 0.1) is 18.8 Å². The molecule has 0 bridgehead atoms. The predicted octanol–water partition coefficient (Wildman–Crippen LogP) is 22.1. The first kappa shape index (κ1) is 72.5. The van der Waals surface area contributed by atoms with Gasteiger partial charge in [-0.25, -0.2) is 0 Å². The number of amides is 1. The number of aliphatic hydroxyl groups is 2. The predicted molar refractivity (Wildman–Crippen MR) is 340 cm³/mol. The Kier molecular flexibility index (Phi) is 62.8. The molecule has 2 atom stereocenters. The fraction of sp³-hybridized carbons (Fsp3) is 0.681. The van der Waals surface area contributed by atoms with Crippen molar-refractivity contribution < 1.29 is 15.0 Å². The molecule has 4 nitrogen and oxygen atoms in total. The minimum atomic E-state index is -0.685. The van der Waals surface area contributed by atoms with Gasteiger partial charge in [-0.05, 0) is 96.3 Å². The number of nitrogens with one attached hydrogen (secondary N) is 1. The van der Waals surface area contributed by atoms with Crippen molar-refractivity contribution in [3.63, 3.8) is 0 Å². The molecule has 0 aliphatic rings. The first-order chi connectivity index (χ1) is 37.7. The van der Waals surface area contributed by atoms with Gasteiger partial charge in [0.2, 0.25) is 5.91 Å². The molecule has 1 amide bonds. The fourth-order valence-electron chi connectivity index (χ4n) is 9.31. The third kappa shape index (κ3) is 61.4. The van der Waals surface area contributed by atoms with Crippen LogP contribution in [-0.4, -0.2) is 34.9 Å². The first-order valence-electron chi connectivity index (χ1n) is 32.4. The van der Waals surface area contributed by atoms with E-state index in [4.69, 9.17) is 0 Å². The smallest absolute Gasteiger partial charge is 0.220 e. The van der Waals surface area contributed by atoms with Gasteiger partial charge in [0.15, 0.2) is 0 Å². The van der Waals surface area contributed by atoms with Crippen LogP contribution in [0.3, 0.4) is 0 Å². The summed E-state index contributed by atoms with van der Waals surface area (Å²) in [6, 6.07) is -0.566. The zero-order valence-electron chi connectivity index (χ0n) is 50.0. The summed E-state index contributed by atoms with van der Waals surface area (Å²) in [6.07, 6.45) is 102. The molecule has 0 aromatic rings. The third-order valence-corrected chi connectivity index (χ3v) is 14.2. The van der Waals surface area contributed by atoms with Gasteiger partial charge >= 0.3 is 0 Å². The maximum absolute atomic E-state index is 12.5. The second kappa shape index (κ2) is 65.8. The average Bonchev–Trinajstić information content (AvgIpc) is 3.42. The van der Waals surface area contributed by atoms with E-state index >= 15 is 0 Å². The van der Waals surface area contributed by atoms with Crippen molar-refractivity contribution in [1.29, 1.82) is 0 Å². The Morgan fingerprint density at radius 3 is 0.855 bits per heavy atom. The summed E-state index contributed by atoms with van der Waals surface area (Å²) in [5, 5.41) is 23.4. The molecule has 0 aromatic heterocycles. The van der Waals surface area contributed by atoms with Crippen molar-refractivity contribution in [3.8, 4) is 0 Å². The van der Waals surface area contributed by atoms with Gasteiger partial charge < -0.3 is 15.5 Å². The first-order valence-corrected chi connectivity index (χ1v) is 32.4. The number of unbranched alkanes of at least 4 members (excludes halogenated alkanes) is 29. The van der Waals surface area contributed by atoms with E-state index in [0.717, 1.165) is 109 Å². The van der Waals surface area contributed by atoms with Gasteiger partial charge in [-0.15, -0.1) is 0 Å². The highest BCUT2D eigenvalue weighted by atomic mass is 16.3. The van der Waals surface area contributed by atoms with Crippen molar-refractivity contribution in [3.05, 3.63) is 134 Å². The highest BCUT2D eigenvalue weighted by Gasteiger charge is 2.20. The summed E-state index contributed by atoms with van der Waals surface area (Å²) in [5.41, 5.74) is 0. The van der Waals surface area contributed by atoms with Crippen molar-refractivity contribution >= 4 is 5.91 Å². The molecule has 0 spiro atoms. The van der Waals surface area contributed by atoms with E-state index in [0.29, 0.717) is 12.8 Å². The van der Waals surface area contributed by atoms with Crippen LogP contribution in [0.15, 0.2) is 134 Å². The molecule has 3 N–H and O–H groups in total.